The molecular weight excluding hydrogens is 360 g/mol. The minimum absolute atomic E-state index is 0.00253. The zero-order chi connectivity index (χ0) is 20.0. The van der Waals surface area contributed by atoms with E-state index in [1.807, 2.05) is 0 Å². The van der Waals surface area contributed by atoms with Crippen LogP contribution >= 0.6 is 11.6 Å². The van der Waals surface area contributed by atoms with E-state index in [-0.39, 0.29) is 33.4 Å². The van der Waals surface area contributed by atoms with Gasteiger partial charge in [0.05, 0.1) is 0 Å². The van der Waals surface area contributed by atoms with Gasteiger partial charge in [-0.2, -0.15) is 0 Å². The van der Waals surface area contributed by atoms with Gasteiger partial charge in [0.25, 0.3) is 0 Å². The van der Waals surface area contributed by atoms with Crippen LogP contribution in [0.4, 0.5) is 0 Å². The van der Waals surface area contributed by atoms with Crippen molar-refractivity contribution in [2.45, 2.75) is 58.0 Å². The highest BCUT2D eigenvalue weighted by atomic mass is 35.5. The van der Waals surface area contributed by atoms with Gasteiger partial charge in [-0.25, -0.2) is 0 Å². The predicted octanol–water partition coefficient (Wildman–Crippen LogP) is 4.39. The normalized spacial score (nSPS) is 22.7. The Morgan fingerprint density at radius 2 is 1.56 bits per heavy atom. The number of rotatable bonds is 4. The van der Waals surface area contributed by atoms with Crippen LogP contribution in [0.1, 0.15) is 67.7 Å². The van der Waals surface area contributed by atoms with Crippen molar-refractivity contribution in [3.8, 4) is 0 Å². The third-order valence-electron chi connectivity index (χ3n) is 6.31. The highest BCUT2D eigenvalue weighted by Crippen LogP contribution is 2.41. The van der Waals surface area contributed by atoms with Crippen molar-refractivity contribution in [2.24, 2.45) is 5.92 Å². The smallest absolute Gasteiger partial charge is 0.211 e. The molecule has 1 fully saturated rings. The van der Waals surface area contributed by atoms with Crippen LogP contribution in [0, 0.1) is 5.92 Å². The lowest BCUT2D eigenvalue weighted by atomic mass is 9.73. The number of allylic oxidation sites excluding steroid dienone is 2. The number of fused-ring (bicyclic) bond motifs is 1. The van der Waals surface area contributed by atoms with Gasteiger partial charge < -0.3 is 5.32 Å². The van der Waals surface area contributed by atoms with E-state index in [4.69, 9.17) is 11.6 Å². The van der Waals surface area contributed by atoms with Gasteiger partial charge in [-0.05, 0) is 59.9 Å². The first-order valence-corrected chi connectivity index (χ1v) is 9.98. The predicted molar refractivity (Wildman–Crippen MR) is 109 cm³/mol. The molecule has 0 bridgehead atoms. The van der Waals surface area contributed by atoms with Crippen LogP contribution < -0.4 is 5.32 Å². The molecule has 1 heterocycles. The highest BCUT2D eigenvalue weighted by molar-refractivity contribution is 6.49. The summed E-state index contributed by atoms with van der Waals surface area (Å²) >= 11 is 6.23. The SMILES string of the molecule is CN1C(C)(C)CC(CCNC2=C(Cl)C(=O)c3ccccc3C2=O)CC1(C)C. The molecule has 1 aliphatic heterocycles. The van der Waals surface area contributed by atoms with Crippen LogP contribution in [0.15, 0.2) is 35.0 Å². The van der Waals surface area contributed by atoms with Crippen LogP contribution in [-0.2, 0) is 0 Å². The van der Waals surface area contributed by atoms with Crippen molar-refractivity contribution in [3.05, 3.63) is 46.1 Å². The fourth-order valence-corrected chi connectivity index (χ4v) is 4.94. The van der Waals surface area contributed by atoms with Gasteiger partial charge in [0.15, 0.2) is 0 Å². The number of carbonyl (C=O) groups is 2. The lowest BCUT2D eigenvalue weighted by Crippen LogP contribution is -2.58. The quantitative estimate of drug-likeness (QED) is 0.830. The van der Waals surface area contributed by atoms with E-state index in [0.717, 1.165) is 19.3 Å². The molecular formula is C22H29ClN2O2. The van der Waals surface area contributed by atoms with Crippen LogP contribution in [-0.4, -0.2) is 41.1 Å². The number of piperidine rings is 1. The fraction of sp³-hybridized carbons (Fsp3) is 0.545. The number of halogens is 1. The molecule has 27 heavy (non-hydrogen) atoms. The zero-order valence-electron chi connectivity index (χ0n) is 16.9. The first kappa shape index (κ1) is 20.1. The van der Waals surface area contributed by atoms with Crippen molar-refractivity contribution in [2.75, 3.05) is 13.6 Å². The molecule has 1 aromatic rings. The summed E-state index contributed by atoms with van der Waals surface area (Å²) < 4.78 is 0. The number of hydrogen-bond acceptors (Lipinski definition) is 4. The number of Topliss-reactive ketones (excluding diaryl/α,β-unsaturated/α-hetero) is 2. The molecule has 0 atom stereocenters. The molecule has 0 radical (unpaired) electrons. The molecule has 0 spiro atoms. The molecule has 5 heteroatoms. The lowest BCUT2D eigenvalue weighted by molar-refractivity contribution is -0.0313. The summed E-state index contributed by atoms with van der Waals surface area (Å²) in [7, 11) is 2.20. The van der Waals surface area contributed by atoms with Crippen LogP contribution in [0.3, 0.4) is 0 Å². The molecule has 0 saturated carbocycles. The minimum Gasteiger partial charge on any atom is -0.381 e. The first-order chi connectivity index (χ1) is 12.5. The van der Waals surface area contributed by atoms with Gasteiger partial charge in [0.1, 0.15) is 10.7 Å². The van der Waals surface area contributed by atoms with Crippen molar-refractivity contribution in [1.29, 1.82) is 0 Å². The largest absolute Gasteiger partial charge is 0.381 e. The Bertz CT molecular complexity index is 792. The Hall–Kier alpha value is -1.65. The van der Waals surface area contributed by atoms with Crippen LogP contribution in [0.5, 0.6) is 0 Å². The van der Waals surface area contributed by atoms with E-state index in [1.54, 1.807) is 24.3 Å². The maximum Gasteiger partial charge on any atom is 0.211 e. The Morgan fingerprint density at radius 3 is 2.11 bits per heavy atom. The van der Waals surface area contributed by atoms with Crippen molar-refractivity contribution < 1.29 is 9.59 Å². The van der Waals surface area contributed by atoms with E-state index in [0.29, 0.717) is 23.6 Å². The molecule has 4 nitrogen and oxygen atoms in total. The van der Waals surface area contributed by atoms with Crippen molar-refractivity contribution in [1.82, 2.24) is 10.2 Å². The number of carbonyl (C=O) groups excluding carboxylic acids is 2. The van der Waals surface area contributed by atoms with Crippen molar-refractivity contribution >= 4 is 23.2 Å². The monoisotopic (exact) mass is 388 g/mol. The summed E-state index contributed by atoms with van der Waals surface area (Å²) in [6, 6.07) is 6.85. The van der Waals surface area contributed by atoms with Gasteiger partial charge in [-0.15, -0.1) is 0 Å². The summed E-state index contributed by atoms with van der Waals surface area (Å²) in [6.07, 6.45) is 3.16. The molecule has 1 N–H and O–H groups in total. The van der Waals surface area contributed by atoms with Crippen molar-refractivity contribution in [3.63, 3.8) is 0 Å². The van der Waals surface area contributed by atoms with Gasteiger partial charge in [-0.3, -0.25) is 14.5 Å². The summed E-state index contributed by atoms with van der Waals surface area (Å²) in [5, 5.41) is 3.17. The second-order valence-electron chi connectivity index (χ2n) is 9.07. The van der Waals surface area contributed by atoms with E-state index < -0.39 is 0 Å². The average Bonchev–Trinajstić information content (AvgIpc) is 2.60. The second-order valence-corrected chi connectivity index (χ2v) is 9.44. The second kappa shape index (κ2) is 7.06. The Balaban J connectivity index is 1.68. The number of hydrogen-bond donors (Lipinski definition) is 1. The van der Waals surface area contributed by atoms with Crippen LogP contribution in [0.2, 0.25) is 0 Å². The molecule has 1 saturated heterocycles. The molecule has 146 valence electrons. The Morgan fingerprint density at radius 1 is 1.04 bits per heavy atom. The molecule has 0 unspecified atom stereocenters. The summed E-state index contributed by atoms with van der Waals surface area (Å²) in [5.41, 5.74) is 1.33. The topological polar surface area (TPSA) is 49.4 Å². The number of nitrogens with zero attached hydrogens (tertiary/aromatic N) is 1. The summed E-state index contributed by atoms with van der Waals surface area (Å²) in [5.74, 6) is 0.0786. The maximum atomic E-state index is 12.7. The summed E-state index contributed by atoms with van der Waals surface area (Å²) in [6.45, 7) is 9.78. The number of nitrogens with one attached hydrogen (secondary N) is 1. The van der Waals surface area contributed by atoms with Crippen LogP contribution in [0.25, 0.3) is 0 Å². The first-order valence-electron chi connectivity index (χ1n) is 9.60. The van der Waals surface area contributed by atoms with E-state index in [1.165, 1.54) is 0 Å². The van der Waals surface area contributed by atoms with Gasteiger partial charge >= 0.3 is 0 Å². The zero-order valence-corrected chi connectivity index (χ0v) is 17.6. The molecule has 1 aliphatic carbocycles. The van der Waals surface area contributed by atoms with E-state index in [9.17, 15) is 9.59 Å². The average molecular weight is 389 g/mol. The number of likely N-dealkylation sites (tertiary alicyclic amines) is 1. The number of benzene rings is 1. The Labute approximate surface area is 167 Å². The van der Waals surface area contributed by atoms with E-state index in [2.05, 4.69) is 45.0 Å². The lowest BCUT2D eigenvalue weighted by Gasteiger charge is -2.54. The molecule has 0 aromatic heterocycles. The van der Waals surface area contributed by atoms with Gasteiger partial charge in [-0.1, -0.05) is 35.9 Å². The minimum atomic E-state index is -0.282. The fourth-order valence-electron chi connectivity index (χ4n) is 4.69. The highest BCUT2D eigenvalue weighted by Gasteiger charge is 2.42. The molecule has 2 aliphatic rings. The number of ketones is 2. The Kier molecular flexibility index (Phi) is 5.26. The molecule has 1 aromatic carbocycles. The molecule has 3 rings (SSSR count). The molecule has 0 amide bonds. The third-order valence-corrected chi connectivity index (χ3v) is 6.67. The van der Waals surface area contributed by atoms with Gasteiger partial charge in [0.2, 0.25) is 11.6 Å². The van der Waals surface area contributed by atoms with Gasteiger partial charge in [0, 0.05) is 28.7 Å². The maximum absolute atomic E-state index is 12.7. The summed E-state index contributed by atoms with van der Waals surface area (Å²) in [4.78, 5) is 27.7. The standard InChI is InChI=1S/C22H29ClN2O2/c1-21(2)12-14(13-22(3,4)25(21)5)10-11-24-18-17(23)19(26)15-8-6-7-9-16(15)20(18)27/h6-9,14,24H,10-13H2,1-5H3. The third kappa shape index (κ3) is 3.70. The van der Waals surface area contributed by atoms with E-state index >= 15 is 0 Å².